The van der Waals surface area contributed by atoms with E-state index in [1.54, 1.807) is 7.11 Å². The zero-order valence-corrected chi connectivity index (χ0v) is 12.0. The van der Waals surface area contributed by atoms with E-state index in [9.17, 15) is 5.11 Å². The first kappa shape index (κ1) is 14.3. The lowest BCUT2D eigenvalue weighted by molar-refractivity contribution is 0.0568. The summed E-state index contributed by atoms with van der Waals surface area (Å²) in [5.74, 6) is 0.823. The third kappa shape index (κ3) is 3.69. The minimum Gasteiger partial charge on any atom is -0.497 e. The van der Waals surface area contributed by atoms with Gasteiger partial charge < -0.3 is 14.7 Å². The van der Waals surface area contributed by atoms with Gasteiger partial charge in [0, 0.05) is 32.2 Å². The number of nitrogens with zero attached hydrogens (tertiary/aromatic N) is 2. The maximum absolute atomic E-state index is 10.3. The number of ether oxygens (including phenoxy) is 1. The third-order valence-electron chi connectivity index (χ3n) is 3.98. The summed E-state index contributed by atoms with van der Waals surface area (Å²) < 4.78 is 5.13. The average molecular weight is 264 g/mol. The predicted molar refractivity (Wildman–Crippen MR) is 76.5 cm³/mol. The Labute approximate surface area is 115 Å². The molecule has 4 heteroatoms. The van der Waals surface area contributed by atoms with Gasteiger partial charge >= 0.3 is 0 Å². The molecule has 0 saturated carbocycles. The Morgan fingerprint density at radius 3 is 2.58 bits per heavy atom. The largest absolute Gasteiger partial charge is 0.497 e. The maximum Gasteiger partial charge on any atom is 0.118 e. The monoisotopic (exact) mass is 264 g/mol. The van der Waals surface area contributed by atoms with Gasteiger partial charge in [-0.15, -0.1) is 0 Å². The number of aliphatic hydroxyl groups excluding tert-OH is 1. The molecule has 106 valence electrons. The lowest BCUT2D eigenvalue weighted by atomic mass is 10.1. The zero-order valence-electron chi connectivity index (χ0n) is 12.0. The summed E-state index contributed by atoms with van der Waals surface area (Å²) in [4.78, 5) is 4.69. The Hall–Kier alpha value is -1.10. The minimum absolute atomic E-state index is 0.429. The molecule has 0 aliphatic carbocycles. The molecule has 0 amide bonds. The van der Waals surface area contributed by atoms with Crippen LogP contribution < -0.4 is 4.74 Å². The van der Waals surface area contributed by atoms with Gasteiger partial charge in [-0.1, -0.05) is 12.1 Å². The number of benzene rings is 1. The van der Waals surface area contributed by atoms with Crippen molar-refractivity contribution in [2.24, 2.45) is 0 Å². The number of likely N-dealkylation sites (N-methyl/N-ethyl adjacent to an activating group) is 1. The predicted octanol–water partition coefficient (Wildman–Crippen LogP) is 1.36. The SMILES string of the molecule is COc1ccc(C(O)CN2CCN(C)C(C)C2)cc1. The minimum atomic E-state index is -0.429. The van der Waals surface area contributed by atoms with Crippen molar-refractivity contribution in [2.45, 2.75) is 19.1 Å². The Morgan fingerprint density at radius 1 is 1.32 bits per heavy atom. The summed E-state index contributed by atoms with van der Waals surface area (Å²) in [5.41, 5.74) is 0.951. The highest BCUT2D eigenvalue weighted by Gasteiger charge is 2.22. The first-order valence-electron chi connectivity index (χ1n) is 6.84. The molecule has 0 spiro atoms. The quantitative estimate of drug-likeness (QED) is 0.891. The third-order valence-corrected chi connectivity index (χ3v) is 3.98. The molecule has 1 N–H and O–H groups in total. The van der Waals surface area contributed by atoms with Crippen molar-refractivity contribution in [1.29, 1.82) is 0 Å². The topological polar surface area (TPSA) is 35.9 Å². The van der Waals surface area contributed by atoms with Gasteiger partial charge in [0.05, 0.1) is 13.2 Å². The van der Waals surface area contributed by atoms with Gasteiger partial charge in [0.15, 0.2) is 0 Å². The lowest BCUT2D eigenvalue weighted by Gasteiger charge is -2.38. The maximum atomic E-state index is 10.3. The Bertz CT molecular complexity index is 394. The Balaban J connectivity index is 1.91. The van der Waals surface area contributed by atoms with Crippen molar-refractivity contribution >= 4 is 0 Å². The molecular weight excluding hydrogens is 240 g/mol. The molecule has 0 aromatic heterocycles. The summed E-state index contributed by atoms with van der Waals surface area (Å²) in [7, 11) is 3.80. The second-order valence-electron chi connectivity index (χ2n) is 5.38. The van der Waals surface area contributed by atoms with Crippen LogP contribution in [0.15, 0.2) is 24.3 Å². The van der Waals surface area contributed by atoms with Gasteiger partial charge in [0.25, 0.3) is 0 Å². The average Bonchev–Trinajstić information content (AvgIpc) is 2.43. The summed E-state index contributed by atoms with van der Waals surface area (Å²) in [6, 6.07) is 8.21. The number of β-amino-alcohol motifs (C(OH)–C–C–N with tert-alkyl or cyclic N) is 1. The molecule has 1 aliphatic heterocycles. The van der Waals surface area contributed by atoms with Crippen LogP contribution >= 0.6 is 0 Å². The highest BCUT2D eigenvalue weighted by molar-refractivity contribution is 5.28. The fraction of sp³-hybridized carbons (Fsp3) is 0.600. The van der Waals surface area contributed by atoms with E-state index in [0.717, 1.165) is 30.9 Å². The van der Waals surface area contributed by atoms with Crippen LogP contribution in [0, 0.1) is 0 Å². The number of hydrogen-bond acceptors (Lipinski definition) is 4. The Kier molecular flexibility index (Phi) is 4.80. The lowest BCUT2D eigenvalue weighted by Crippen LogP contribution is -2.50. The van der Waals surface area contributed by atoms with Crippen LogP contribution in [-0.2, 0) is 0 Å². The second-order valence-corrected chi connectivity index (χ2v) is 5.38. The van der Waals surface area contributed by atoms with E-state index in [1.807, 2.05) is 24.3 Å². The van der Waals surface area contributed by atoms with Crippen LogP contribution in [0.5, 0.6) is 5.75 Å². The molecule has 0 radical (unpaired) electrons. The number of methoxy groups -OCH3 is 1. The molecule has 1 aromatic carbocycles. The van der Waals surface area contributed by atoms with Gasteiger partial charge in [0.1, 0.15) is 5.75 Å². The second kappa shape index (κ2) is 6.37. The zero-order chi connectivity index (χ0) is 13.8. The molecule has 0 bridgehead atoms. The summed E-state index contributed by atoms with van der Waals surface area (Å²) >= 11 is 0. The Morgan fingerprint density at radius 2 is 2.00 bits per heavy atom. The van der Waals surface area contributed by atoms with Crippen LogP contribution in [-0.4, -0.2) is 61.3 Å². The fourth-order valence-corrected chi connectivity index (χ4v) is 2.47. The van der Waals surface area contributed by atoms with Crippen molar-refractivity contribution < 1.29 is 9.84 Å². The first-order chi connectivity index (χ1) is 9.10. The van der Waals surface area contributed by atoms with Crippen molar-refractivity contribution in [2.75, 3.05) is 40.3 Å². The molecule has 19 heavy (non-hydrogen) atoms. The van der Waals surface area contributed by atoms with Gasteiger partial charge in [-0.3, -0.25) is 4.90 Å². The number of rotatable bonds is 4. The smallest absolute Gasteiger partial charge is 0.118 e. The van der Waals surface area contributed by atoms with E-state index >= 15 is 0 Å². The van der Waals surface area contributed by atoms with Crippen LogP contribution in [0.1, 0.15) is 18.6 Å². The van der Waals surface area contributed by atoms with Crippen molar-refractivity contribution in [3.05, 3.63) is 29.8 Å². The summed E-state index contributed by atoms with van der Waals surface area (Å²) in [6.45, 7) is 6.03. The van der Waals surface area contributed by atoms with E-state index in [0.29, 0.717) is 12.6 Å². The standard InChI is InChI=1S/C15H24N2O2/c1-12-10-17(9-8-16(12)2)11-15(18)13-4-6-14(19-3)7-5-13/h4-7,12,15,18H,8-11H2,1-3H3. The van der Waals surface area contributed by atoms with E-state index in [4.69, 9.17) is 4.74 Å². The molecule has 1 saturated heterocycles. The molecule has 1 aromatic rings. The van der Waals surface area contributed by atoms with Crippen molar-refractivity contribution in [3.8, 4) is 5.75 Å². The highest BCUT2D eigenvalue weighted by Crippen LogP contribution is 2.19. The van der Waals surface area contributed by atoms with Crippen LogP contribution in [0.25, 0.3) is 0 Å². The van der Waals surface area contributed by atoms with Gasteiger partial charge in [-0.2, -0.15) is 0 Å². The summed E-state index contributed by atoms with van der Waals surface area (Å²) in [6.07, 6.45) is -0.429. The molecular formula is C15H24N2O2. The number of hydrogen-bond donors (Lipinski definition) is 1. The number of piperazine rings is 1. The first-order valence-corrected chi connectivity index (χ1v) is 6.84. The molecule has 1 aliphatic rings. The molecule has 2 atom stereocenters. The van der Waals surface area contributed by atoms with E-state index in [1.165, 1.54) is 0 Å². The van der Waals surface area contributed by atoms with Crippen LogP contribution in [0.3, 0.4) is 0 Å². The molecule has 1 fully saturated rings. The molecule has 1 heterocycles. The fourth-order valence-electron chi connectivity index (χ4n) is 2.47. The van der Waals surface area contributed by atoms with Gasteiger partial charge in [-0.05, 0) is 31.7 Å². The van der Waals surface area contributed by atoms with E-state index in [-0.39, 0.29) is 0 Å². The normalized spacial score (nSPS) is 23.3. The van der Waals surface area contributed by atoms with Gasteiger partial charge in [-0.25, -0.2) is 0 Å². The highest BCUT2D eigenvalue weighted by atomic mass is 16.5. The van der Waals surface area contributed by atoms with Crippen LogP contribution in [0.2, 0.25) is 0 Å². The molecule has 2 unspecified atom stereocenters. The van der Waals surface area contributed by atoms with Crippen LogP contribution in [0.4, 0.5) is 0 Å². The number of aliphatic hydroxyl groups is 1. The van der Waals surface area contributed by atoms with Gasteiger partial charge in [0.2, 0.25) is 0 Å². The van der Waals surface area contributed by atoms with Crippen molar-refractivity contribution in [1.82, 2.24) is 9.80 Å². The van der Waals surface area contributed by atoms with Crippen molar-refractivity contribution in [3.63, 3.8) is 0 Å². The van der Waals surface area contributed by atoms with E-state index in [2.05, 4.69) is 23.8 Å². The molecule has 4 nitrogen and oxygen atoms in total. The summed E-state index contributed by atoms with van der Waals surface area (Å²) in [5, 5.41) is 10.3. The molecule has 2 rings (SSSR count). The van der Waals surface area contributed by atoms with E-state index < -0.39 is 6.10 Å².